The van der Waals surface area contributed by atoms with E-state index in [0.29, 0.717) is 0 Å². The quantitative estimate of drug-likeness (QED) is 0.445. The molecule has 1 N–H and O–H groups in total. The zero-order valence-corrected chi connectivity index (χ0v) is 7.03. The first kappa shape index (κ1) is 9.50. The van der Waals surface area contributed by atoms with Gasteiger partial charge < -0.3 is 14.8 Å². The maximum absolute atomic E-state index is 10.9. The maximum atomic E-state index is 10.9. The molecule has 13 heavy (non-hydrogen) atoms. The van der Waals surface area contributed by atoms with Gasteiger partial charge in [0.05, 0.1) is 7.11 Å². The molecule has 0 unspecified atom stereocenters. The van der Waals surface area contributed by atoms with Gasteiger partial charge in [-0.05, 0) is 6.42 Å². The average molecular weight is 187 g/mol. The highest BCUT2D eigenvalue weighted by molar-refractivity contribution is 5.92. The summed E-state index contributed by atoms with van der Waals surface area (Å²) in [5.41, 5.74) is 0. The Balaban J connectivity index is 2.47. The first-order chi connectivity index (χ1) is 6.13. The van der Waals surface area contributed by atoms with Crippen LogP contribution in [0.1, 0.15) is 12.8 Å². The fourth-order valence-corrected chi connectivity index (χ4v) is 0.947. The van der Waals surface area contributed by atoms with Gasteiger partial charge in [0, 0.05) is 6.42 Å². The van der Waals surface area contributed by atoms with Crippen LogP contribution in [0.3, 0.4) is 0 Å². The van der Waals surface area contributed by atoms with Crippen molar-refractivity contribution in [3.8, 4) is 0 Å². The number of hydrogen-bond donors (Lipinski definition) is 1. The van der Waals surface area contributed by atoms with Crippen molar-refractivity contribution in [2.75, 3.05) is 7.11 Å². The monoisotopic (exact) mass is 187 g/mol. The fraction of sp³-hybridized carbons (Fsp3) is 0.571. The summed E-state index contributed by atoms with van der Waals surface area (Å²) >= 11 is 0. The molecule has 0 aromatic rings. The van der Waals surface area contributed by atoms with E-state index >= 15 is 0 Å². The standard InChI is InChI=1S/C7H9NO5/c1-12-7(11)8-4-2-3-5(9)13-6(4)10/h4H,2-3H2,1H3,(H,8,11)/t4-/m1/s1. The van der Waals surface area contributed by atoms with E-state index in [2.05, 4.69) is 14.8 Å². The Labute approximate surface area is 74.2 Å². The van der Waals surface area contributed by atoms with Crippen LogP contribution in [0.15, 0.2) is 0 Å². The lowest BCUT2D eigenvalue weighted by atomic mass is 10.1. The van der Waals surface area contributed by atoms with Gasteiger partial charge in [-0.15, -0.1) is 0 Å². The van der Waals surface area contributed by atoms with Crippen molar-refractivity contribution in [3.05, 3.63) is 0 Å². The average Bonchev–Trinajstić information content (AvgIpc) is 2.09. The lowest BCUT2D eigenvalue weighted by Gasteiger charge is -2.19. The summed E-state index contributed by atoms with van der Waals surface area (Å²) in [5, 5.41) is 2.25. The molecule has 1 atom stereocenters. The predicted octanol–water partition coefficient (Wildman–Crippen LogP) is -0.425. The minimum absolute atomic E-state index is 0.125. The van der Waals surface area contributed by atoms with Crippen molar-refractivity contribution in [1.82, 2.24) is 5.32 Å². The largest absolute Gasteiger partial charge is 0.453 e. The molecule has 0 saturated carbocycles. The Kier molecular flexibility index (Phi) is 2.84. The van der Waals surface area contributed by atoms with Crippen molar-refractivity contribution in [3.63, 3.8) is 0 Å². The van der Waals surface area contributed by atoms with E-state index in [-0.39, 0.29) is 12.8 Å². The van der Waals surface area contributed by atoms with Gasteiger partial charge in [0.25, 0.3) is 0 Å². The Morgan fingerprint density at radius 1 is 1.62 bits per heavy atom. The number of hydrogen-bond acceptors (Lipinski definition) is 5. The van der Waals surface area contributed by atoms with E-state index in [1.54, 1.807) is 0 Å². The summed E-state index contributed by atoms with van der Waals surface area (Å²) < 4.78 is 8.58. The Hall–Kier alpha value is -1.59. The van der Waals surface area contributed by atoms with E-state index < -0.39 is 24.1 Å². The smallest absolute Gasteiger partial charge is 0.407 e. The van der Waals surface area contributed by atoms with Crippen LogP contribution >= 0.6 is 0 Å². The van der Waals surface area contributed by atoms with Gasteiger partial charge in [0.1, 0.15) is 6.04 Å². The molecule has 72 valence electrons. The highest BCUT2D eigenvalue weighted by Gasteiger charge is 2.30. The summed E-state index contributed by atoms with van der Waals surface area (Å²) in [4.78, 5) is 32.2. The number of amides is 1. The number of methoxy groups -OCH3 is 1. The minimum Gasteiger partial charge on any atom is -0.453 e. The van der Waals surface area contributed by atoms with Crippen LogP contribution in [-0.2, 0) is 19.1 Å². The zero-order chi connectivity index (χ0) is 9.84. The molecule has 1 rings (SSSR count). The summed E-state index contributed by atoms with van der Waals surface area (Å²) in [6, 6.07) is -0.773. The first-order valence-electron chi connectivity index (χ1n) is 3.72. The molecule has 1 heterocycles. The fourth-order valence-electron chi connectivity index (χ4n) is 0.947. The number of carbonyl (C=O) groups is 3. The van der Waals surface area contributed by atoms with Crippen molar-refractivity contribution in [2.24, 2.45) is 0 Å². The van der Waals surface area contributed by atoms with Crippen LogP contribution in [0.5, 0.6) is 0 Å². The second-order valence-electron chi connectivity index (χ2n) is 2.52. The van der Waals surface area contributed by atoms with E-state index in [1.165, 1.54) is 7.11 Å². The maximum Gasteiger partial charge on any atom is 0.407 e. The molecule has 0 aromatic carbocycles. The van der Waals surface area contributed by atoms with Crippen LogP contribution in [0, 0.1) is 0 Å². The van der Waals surface area contributed by atoms with Gasteiger partial charge in [-0.2, -0.15) is 0 Å². The molecule has 1 saturated heterocycles. The number of alkyl carbamates (subject to hydrolysis) is 1. The van der Waals surface area contributed by atoms with Crippen molar-refractivity contribution in [2.45, 2.75) is 18.9 Å². The van der Waals surface area contributed by atoms with E-state index in [9.17, 15) is 14.4 Å². The Morgan fingerprint density at radius 3 is 2.85 bits per heavy atom. The number of esters is 2. The summed E-state index contributed by atoms with van der Waals surface area (Å²) in [6.45, 7) is 0. The molecule has 1 fully saturated rings. The van der Waals surface area contributed by atoms with Gasteiger partial charge in [0.15, 0.2) is 0 Å². The lowest BCUT2D eigenvalue weighted by Crippen LogP contribution is -2.45. The topological polar surface area (TPSA) is 81.7 Å². The predicted molar refractivity (Wildman–Crippen MR) is 39.7 cm³/mol. The van der Waals surface area contributed by atoms with E-state index in [1.807, 2.05) is 0 Å². The molecule has 0 bridgehead atoms. The van der Waals surface area contributed by atoms with Gasteiger partial charge in [0.2, 0.25) is 0 Å². The molecule has 1 amide bonds. The summed E-state index contributed by atoms with van der Waals surface area (Å²) in [5.74, 6) is -1.30. The summed E-state index contributed by atoms with van der Waals surface area (Å²) in [6.07, 6.45) is -0.330. The van der Waals surface area contributed by atoms with Crippen molar-refractivity contribution >= 4 is 18.0 Å². The number of rotatable bonds is 1. The van der Waals surface area contributed by atoms with E-state index in [4.69, 9.17) is 0 Å². The molecule has 6 nitrogen and oxygen atoms in total. The molecule has 0 radical (unpaired) electrons. The van der Waals surface area contributed by atoms with Crippen LogP contribution in [0.2, 0.25) is 0 Å². The molecule has 1 aliphatic heterocycles. The third-order valence-electron chi connectivity index (χ3n) is 1.61. The Morgan fingerprint density at radius 2 is 2.31 bits per heavy atom. The second kappa shape index (κ2) is 3.88. The van der Waals surface area contributed by atoms with Gasteiger partial charge in [-0.3, -0.25) is 4.79 Å². The SMILES string of the molecule is COC(=O)N[C@@H]1CCC(=O)OC1=O. The number of nitrogens with one attached hydrogen (secondary N) is 1. The van der Waals surface area contributed by atoms with Gasteiger partial charge in [-0.1, -0.05) is 0 Å². The second-order valence-corrected chi connectivity index (χ2v) is 2.52. The van der Waals surface area contributed by atoms with Crippen LogP contribution < -0.4 is 5.32 Å². The van der Waals surface area contributed by atoms with Crippen LogP contribution in [-0.4, -0.2) is 31.2 Å². The molecule has 6 heteroatoms. The normalized spacial score (nSPS) is 22.1. The van der Waals surface area contributed by atoms with Crippen molar-refractivity contribution in [1.29, 1.82) is 0 Å². The molecule has 1 aliphatic rings. The van der Waals surface area contributed by atoms with Crippen LogP contribution in [0.25, 0.3) is 0 Å². The third-order valence-corrected chi connectivity index (χ3v) is 1.61. The van der Waals surface area contributed by atoms with Crippen LogP contribution in [0.4, 0.5) is 4.79 Å². The number of cyclic esters (lactones) is 2. The minimum atomic E-state index is -0.773. The Bertz CT molecular complexity index is 249. The number of carbonyl (C=O) groups excluding carboxylic acids is 3. The number of ether oxygens (including phenoxy) is 2. The zero-order valence-electron chi connectivity index (χ0n) is 7.03. The highest BCUT2D eigenvalue weighted by atomic mass is 16.6. The lowest BCUT2D eigenvalue weighted by molar-refractivity contribution is -0.165. The van der Waals surface area contributed by atoms with Crippen molar-refractivity contribution < 1.29 is 23.9 Å². The molecular formula is C7H9NO5. The van der Waals surface area contributed by atoms with E-state index in [0.717, 1.165) is 0 Å². The molecule has 0 aromatic heterocycles. The highest BCUT2D eigenvalue weighted by Crippen LogP contribution is 2.08. The molecule has 0 aliphatic carbocycles. The molecular weight excluding hydrogens is 178 g/mol. The van der Waals surface area contributed by atoms with Gasteiger partial charge in [-0.25, -0.2) is 9.59 Å². The molecule has 0 spiro atoms. The summed E-state index contributed by atoms with van der Waals surface area (Å²) in [7, 11) is 1.19. The van der Waals surface area contributed by atoms with Gasteiger partial charge >= 0.3 is 18.0 Å². The third kappa shape index (κ3) is 2.43. The first-order valence-corrected chi connectivity index (χ1v) is 3.72.